The summed E-state index contributed by atoms with van der Waals surface area (Å²) in [6.07, 6.45) is 1.89. The number of thiophene rings is 1. The number of hydrogen-bond acceptors (Lipinski definition) is 4. The summed E-state index contributed by atoms with van der Waals surface area (Å²) in [5.74, 6) is -0.502. The Morgan fingerprint density at radius 3 is 2.42 bits per heavy atom. The minimum atomic E-state index is -3.45. The fraction of sp³-hybridized carbons (Fsp3) is 0.389. The van der Waals surface area contributed by atoms with Crippen molar-refractivity contribution in [3.63, 3.8) is 0 Å². The van der Waals surface area contributed by atoms with Crippen LogP contribution in [0.4, 0.5) is 10.1 Å². The monoisotopic (exact) mass is 396 g/mol. The SMILES string of the molecule is CCN(C(=O)Cc1ccc(S(=O)(=O)N2CCCC2)s1)c1ccc(F)cc1. The standard InChI is InChI=1S/C18H21FN2O3S2/c1-2-21(15-7-5-14(19)6-8-15)17(22)13-16-9-10-18(25-16)26(23,24)20-11-3-4-12-20/h5-10H,2-4,11-13H2,1H3. The number of sulfonamides is 1. The quantitative estimate of drug-likeness (QED) is 0.753. The highest BCUT2D eigenvalue weighted by molar-refractivity contribution is 7.91. The van der Waals surface area contributed by atoms with E-state index in [1.807, 2.05) is 6.92 Å². The second kappa shape index (κ2) is 7.85. The predicted molar refractivity (Wildman–Crippen MR) is 100 cm³/mol. The number of amides is 1. The average molecular weight is 397 g/mol. The van der Waals surface area contributed by atoms with Crippen molar-refractivity contribution in [3.8, 4) is 0 Å². The van der Waals surface area contributed by atoms with Crippen LogP contribution < -0.4 is 4.90 Å². The van der Waals surface area contributed by atoms with Crippen molar-refractivity contribution in [2.75, 3.05) is 24.5 Å². The van der Waals surface area contributed by atoms with Crippen molar-refractivity contribution in [2.24, 2.45) is 0 Å². The van der Waals surface area contributed by atoms with Gasteiger partial charge in [0, 0.05) is 30.2 Å². The molecule has 0 N–H and O–H groups in total. The van der Waals surface area contributed by atoms with Crippen LogP contribution in [-0.2, 0) is 21.2 Å². The second-order valence-electron chi connectivity index (χ2n) is 6.12. The number of carbonyl (C=O) groups excluding carboxylic acids is 1. The van der Waals surface area contributed by atoms with E-state index in [2.05, 4.69) is 0 Å². The molecule has 0 bridgehead atoms. The van der Waals surface area contributed by atoms with Crippen LogP contribution in [0.3, 0.4) is 0 Å². The molecule has 1 amide bonds. The molecular weight excluding hydrogens is 375 g/mol. The minimum Gasteiger partial charge on any atom is -0.312 e. The maximum atomic E-state index is 13.1. The molecule has 1 fully saturated rings. The van der Waals surface area contributed by atoms with E-state index in [1.165, 1.54) is 16.4 Å². The molecule has 0 spiro atoms. The van der Waals surface area contributed by atoms with Crippen LogP contribution in [0.2, 0.25) is 0 Å². The van der Waals surface area contributed by atoms with Crippen molar-refractivity contribution >= 4 is 33.0 Å². The van der Waals surface area contributed by atoms with Gasteiger partial charge in [-0.2, -0.15) is 4.31 Å². The molecule has 1 saturated heterocycles. The molecule has 26 heavy (non-hydrogen) atoms. The van der Waals surface area contributed by atoms with E-state index in [4.69, 9.17) is 0 Å². The maximum absolute atomic E-state index is 13.1. The number of hydrogen-bond donors (Lipinski definition) is 0. The largest absolute Gasteiger partial charge is 0.312 e. The molecule has 0 aliphatic carbocycles. The number of likely N-dealkylation sites (N-methyl/N-ethyl adjacent to an activating group) is 1. The minimum absolute atomic E-state index is 0.116. The molecule has 1 aliphatic rings. The third-order valence-electron chi connectivity index (χ3n) is 4.38. The van der Waals surface area contributed by atoms with Crippen molar-refractivity contribution in [1.82, 2.24) is 4.31 Å². The van der Waals surface area contributed by atoms with Gasteiger partial charge < -0.3 is 4.90 Å². The normalized spacial score (nSPS) is 15.3. The zero-order valence-corrected chi connectivity index (χ0v) is 16.2. The van der Waals surface area contributed by atoms with Gasteiger partial charge >= 0.3 is 0 Å². The zero-order valence-electron chi connectivity index (χ0n) is 14.5. The molecule has 1 aliphatic heterocycles. The van der Waals surface area contributed by atoms with Crippen LogP contribution in [0.25, 0.3) is 0 Å². The lowest BCUT2D eigenvalue weighted by molar-refractivity contribution is -0.117. The lowest BCUT2D eigenvalue weighted by Crippen LogP contribution is -2.31. The first kappa shape index (κ1) is 19.0. The maximum Gasteiger partial charge on any atom is 0.252 e. The van der Waals surface area contributed by atoms with E-state index in [0.717, 1.165) is 24.2 Å². The first-order valence-electron chi connectivity index (χ1n) is 8.56. The fourth-order valence-electron chi connectivity index (χ4n) is 3.02. The van der Waals surface area contributed by atoms with Crippen LogP contribution >= 0.6 is 11.3 Å². The molecule has 3 rings (SSSR count). The molecule has 1 aromatic heterocycles. The summed E-state index contributed by atoms with van der Waals surface area (Å²) in [4.78, 5) is 14.9. The van der Waals surface area contributed by atoms with Gasteiger partial charge in [-0.3, -0.25) is 4.79 Å². The zero-order chi connectivity index (χ0) is 18.7. The molecular formula is C18H21FN2O3S2. The van der Waals surface area contributed by atoms with Crippen LogP contribution in [0.15, 0.2) is 40.6 Å². The van der Waals surface area contributed by atoms with Gasteiger partial charge in [-0.05, 0) is 56.2 Å². The van der Waals surface area contributed by atoms with Gasteiger partial charge in [0.1, 0.15) is 10.0 Å². The van der Waals surface area contributed by atoms with E-state index in [0.29, 0.717) is 30.2 Å². The number of carbonyl (C=O) groups is 1. The fourth-order valence-corrected chi connectivity index (χ4v) is 6.03. The van der Waals surface area contributed by atoms with Gasteiger partial charge in [0.05, 0.1) is 6.42 Å². The Labute approximate surface area is 157 Å². The van der Waals surface area contributed by atoms with E-state index in [1.54, 1.807) is 29.2 Å². The van der Waals surface area contributed by atoms with E-state index < -0.39 is 10.0 Å². The highest BCUT2D eigenvalue weighted by Gasteiger charge is 2.28. The molecule has 0 unspecified atom stereocenters. The number of benzene rings is 1. The lowest BCUT2D eigenvalue weighted by atomic mass is 10.2. The first-order valence-corrected chi connectivity index (χ1v) is 10.8. The summed E-state index contributed by atoms with van der Waals surface area (Å²) >= 11 is 1.14. The van der Waals surface area contributed by atoms with Crippen LogP contribution in [-0.4, -0.2) is 38.3 Å². The smallest absolute Gasteiger partial charge is 0.252 e. The molecule has 2 heterocycles. The Hall–Kier alpha value is -1.77. The molecule has 0 radical (unpaired) electrons. The van der Waals surface area contributed by atoms with Crippen LogP contribution in [0, 0.1) is 5.82 Å². The summed E-state index contributed by atoms with van der Waals surface area (Å²) < 4.78 is 40.0. The molecule has 0 atom stereocenters. The van der Waals surface area contributed by atoms with E-state index in [9.17, 15) is 17.6 Å². The Bertz CT molecular complexity index is 872. The van der Waals surface area contributed by atoms with Gasteiger partial charge in [-0.1, -0.05) is 0 Å². The number of anilines is 1. The van der Waals surface area contributed by atoms with Gasteiger partial charge in [0.2, 0.25) is 5.91 Å². The van der Waals surface area contributed by atoms with E-state index in [-0.39, 0.29) is 22.4 Å². The van der Waals surface area contributed by atoms with Gasteiger partial charge in [-0.15, -0.1) is 11.3 Å². The molecule has 5 nitrogen and oxygen atoms in total. The second-order valence-corrected chi connectivity index (χ2v) is 9.46. The number of nitrogens with zero attached hydrogens (tertiary/aromatic N) is 2. The van der Waals surface area contributed by atoms with Gasteiger partial charge in [0.15, 0.2) is 0 Å². The Balaban J connectivity index is 1.73. The predicted octanol–water partition coefficient (Wildman–Crippen LogP) is 3.27. The van der Waals surface area contributed by atoms with Crippen LogP contribution in [0.1, 0.15) is 24.6 Å². The summed E-state index contributed by atoms with van der Waals surface area (Å²) in [5.41, 5.74) is 0.625. The summed E-state index contributed by atoms with van der Waals surface area (Å²) in [5, 5.41) is 0. The molecule has 0 saturated carbocycles. The topological polar surface area (TPSA) is 57.7 Å². The first-order chi connectivity index (χ1) is 12.4. The van der Waals surface area contributed by atoms with E-state index >= 15 is 0 Å². The highest BCUT2D eigenvalue weighted by Crippen LogP contribution is 2.28. The Morgan fingerprint density at radius 2 is 1.81 bits per heavy atom. The van der Waals surface area contributed by atoms with Crippen molar-refractivity contribution in [1.29, 1.82) is 0 Å². The Morgan fingerprint density at radius 1 is 1.15 bits per heavy atom. The molecule has 140 valence electrons. The van der Waals surface area contributed by atoms with Crippen LogP contribution in [0.5, 0.6) is 0 Å². The van der Waals surface area contributed by atoms with Crippen molar-refractivity contribution < 1.29 is 17.6 Å². The molecule has 1 aromatic carbocycles. The number of halogens is 1. The summed E-state index contributed by atoms with van der Waals surface area (Å²) in [6, 6.07) is 9.04. The van der Waals surface area contributed by atoms with Gasteiger partial charge in [-0.25, -0.2) is 12.8 Å². The van der Waals surface area contributed by atoms with Crippen molar-refractivity contribution in [3.05, 3.63) is 47.1 Å². The molecule has 2 aromatic rings. The highest BCUT2D eigenvalue weighted by atomic mass is 32.2. The Kier molecular flexibility index (Phi) is 5.74. The number of rotatable bonds is 6. The van der Waals surface area contributed by atoms with Gasteiger partial charge in [0.25, 0.3) is 10.0 Å². The summed E-state index contributed by atoms with van der Waals surface area (Å²) in [6.45, 7) is 3.42. The van der Waals surface area contributed by atoms with Crippen molar-refractivity contribution in [2.45, 2.75) is 30.4 Å². The summed E-state index contributed by atoms with van der Waals surface area (Å²) in [7, 11) is -3.45. The molecule has 8 heteroatoms. The third-order valence-corrected chi connectivity index (χ3v) is 7.83. The lowest BCUT2D eigenvalue weighted by Gasteiger charge is -2.20. The average Bonchev–Trinajstić information content (AvgIpc) is 3.29. The third kappa shape index (κ3) is 3.97.